The normalized spacial score (nSPS) is 11.8. The number of carboxylic acids is 1. The van der Waals surface area contributed by atoms with Gasteiger partial charge in [0.1, 0.15) is 9.09 Å². The monoisotopic (exact) mass is 345 g/mol. The van der Waals surface area contributed by atoms with Gasteiger partial charge < -0.3 is 5.11 Å². The second kappa shape index (κ2) is 6.15. The Morgan fingerprint density at radius 1 is 1.29 bits per heavy atom. The van der Waals surface area contributed by atoms with E-state index in [0.29, 0.717) is 10.6 Å². The van der Waals surface area contributed by atoms with Gasteiger partial charge in [-0.05, 0) is 23.8 Å². The summed E-state index contributed by atoms with van der Waals surface area (Å²) in [4.78, 5) is 10.8. The summed E-state index contributed by atoms with van der Waals surface area (Å²) >= 11 is 6.74. The van der Waals surface area contributed by atoms with Crippen LogP contribution in [0.3, 0.4) is 0 Å². The average molecular weight is 346 g/mol. The van der Waals surface area contributed by atoms with Crippen molar-refractivity contribution in [3.63, 3.8) is 0 Å². The highest BCUT2D eigenvalue weighted by Gasteiger charge is 2.24. The topological polar surface area (TPSA) is 74.7 Å². The first-order valence-corrected chi connectivity index (χ1v) is 8.48. The first-order chi connectivity index (χ1) is 9.82. The molecular weight excluding hydrogens is 334 g/mol. The lowest BCUT2D eigenvalue weighted by Gasteiger charge is -2.16. The number of sulfonamides is 1. The molecule has 0 atom stereocenters. The zero-order valence-electron chi connectivity index (χ0n) is 11.0. The molecule has 1 heterocycles. The van der Waals surface area contributed by atoms with Crippen LogP contribution in [-0.2, 0) is 16.6 Å². The van der Waals surface area contributed by atoms with Crippen LogP contribution in [0, 0.1) is 0 Å². The fraction of sp³-hybridized carbons (Fsp3) is 0.154. The molecule has 0 radical (unpaired) electrons. The molecule has 8 heteroatoms. The molecular formula is C13H12ClNO4S2. The highest BCUT2D eigenvalue weighted by molar-refractivity contribution is 7.91. The average Bonchev–Trinajstić information content (AvgIpc) is 2.91. The Labute approximate surface area is 131 Å². The third-order valence-corrected chi connectivity index (χ3v) is 6.52. The van der Waals surface area contributed by atoms with Crippen molar-refractivity contribution in [2.75, 3.05) is 7.05 Å². The highest BCUT2D eigenvalue weighted by Crippen LogP contribution is 2.26. The van der Waals surface area contributed by atoms with E-state index < -0.39 is 16.0 Å². The van der Waals surface area contributed by atoms with Crippen molar-refractivity contribution in [1.29, 1.82) is 0 Å². The van der Waals surface area contributed by atoms with Gasteiger partial charge in [0.25, 0.3) is 10.0 Å². The molecule has 1 N–H and O–H groups in total. The van der Waals surface area contributed by atoms with Crippen molar-refractivity contribution < 1.29 is 18.3 Å². The number of aromatic carboxylic acids is 1. The number of carboxylic acid groups (broad SMARTS) is 1. The molecule has 0 aliphatic carbocycles. The Balaban J connectivity index is 2.26. The fourth-order valence-electron chi connectivity index (χ4n) is 1.68. The Kier molecular flexibility index (Phi) is 4.67. The van der Waals surface area contributed by atoms with Crippen LogP contribution in [0.25, 0.3) is 0 Å². The molecule has 0 fully saturated rings. The molecule has 1 aromatic carbocycles. The fourth-order valence-corrected chi connectivity index (χ4v) is 4.38. The quantitative estimate of drug-likeness (QED) is 0.904. The van der Waals surface area contributed by atoms with Gasteiger partial charge >= 0.3 is 5.97 Å². The molecule has 0 unspecified atom stereocenters. The third kappa shape index (κ3) is 3.44. The molecule has 112 valence electrons. The SMILES string of the molecule is CN(Cc1ccccc1Cl)S(=O)(=O)c1ccc(C(=O)O)s1. The number of hydrogen-bond acceptors (Lipinski definition) is 4. The van der Waals surface area contributed by atoms with Crippen LogP contribution in [0.5, 0.6) is 0 Å². The van der Waals surface area contributed by atoms with Crippen molar-refractivity contribution in [2.24, 2.45) is 0 Å². The number of benzene rings is 1. The van der Waals surface area contributed by atoms with Gasteiger partial charge in [-0.1, -0.05) is 29.8 Å². The first kappa shape index (κ1) is 16.0. The minimum Gasteiger partial charge on any atom is -0.477 e. The largest absolute Gasteiger partial charge is 0.477 e. The molecule has 2 aromatic rings. The Morgan fingerprint density at radius 3 is 2.52 bits per heavy atom. The van der Waals surface area contributed by atoms with Crippen LogP contribution in [0.15, 0.2) is 40.6 Å². The van der Waals surface area contributed by atoms with E-state index in [2.05, 4.69) is 0 Å². The number of halogens is 1. The highest BCUT2D eigenvalue weighted by atomic mass is 35.5. The Bertz CT molecular complexity index is 770. The second-order valence-corrected chi connectivity index (χ2v) is 8.04. The van der Waals surface area contributed by atoms with Crippen LogP contribution in [0.4, 0.5) is 0 Å². The minimum absolute atomic E-state index is 0.00514. The molecule has 2 rings (SSSR count). The number of hydrogen-bond donors (Lipinski definition) is 1. The summed E-state index contributed by atoms with van der Waals surface area (Å²) in [5, 5.41) is 9.34. The third-order valence-electron chi connectivity index (χ3n) is 2.81. The Morgan fingerprint density at radius 2 is 1.95 bits per heavy atom. The van der Waals surface area contributed by atoms with E-state index in [1.807, 2.05) is 0 Å². The van der Waals surface area contributed by atoms with Gasteiger partial charge in [-0.25, -0.2) is 13.2 Å². The van der Waals surface area contributed by atoms with E-state index in [1.54, 1.807) is 24.3 Å². The van der Waals surface area contributed by atoms with Crippen molar-refractivity contribution >= 4 is 38.9 Å². The number of rotatable bonds is 5. The first-order valence-electron chi connectivity index (χ1n) is 5.85. The maximum atomic E-state index is 12.4. The molecule has 0 bridgehead atoms. The van der Waals surface area contributed by atoms with Gasteiger partial charge in [0, 0.05) is 18.6 Å². The van der Waals surface area contributed by atoms with E-state index in [4.69, 9.17) is 16.7 Å². The van der Waals surface area contributed by atoms with E-state index in [9.17, 15) is 13.2 Å². The molecule has 21 heavy (non-hydrogen) atoms. The van der Waals surface area contributed by atoms with Gasteiger partial charge in [-0.3, -0.25) is 0 Å². The molecule has 0 amide bonds. The van der Waals surface area contributed by atoms with Gasteiger partial charge in [-0.15, -0.1) is 11.3 Å². The molecule has 5 nitrogen and oxygen atoms in total. The number of nitrogens with zero attached hydrogens (tertiary/aromatic N) is 1. The van der Waals surface area contributed by atoms with E-state index >= 15 is 0 Å². The van der Waals surface area contributed by atoms with Crippen LogP contribution >= 0.6 is 22.9 Å². The summed E-state index contributed by atoms with van der Waals surface area (Å²) in [5.41, 5.74) is 0.681. The van der Waals surface area contributed by atoms with Crippen molar-refractivity contribution in [3.05, 3.63) is 51.9 Å². The van der Waals surface area contributed by atoms with Crippen LogP contribution in [0.1, 0.15) is 15.2 Å². The summed E-state index contributed by atoms with van der Waals surface area (Å²) in [5.74, 6) is -1.14. The van der Waals surface area contributed by atoms with Gasteiger partial charge in [0.2, 0.25) is 0 Å². The molecule has 0 spiro atoms. The number of carbonyl (C=O) groups is 1. The lowest BCUT2D eigenvalue weighted by Crippen LogP contribution is -2.25. The molecule has 1 aromatic heterocycles. The van der Waals surface area contributed by atoms with Crippen molar-refractivity contribution in [3.8, 4) is 0 Å². The maximum Gasteiger partial charge on any atom is 0.345 e. The Hall–Kier alpha value is -1.41. The summed E-state index contributed by atoms with van der Waals surface area (Å²) in [7, 11) is -2.31. The van der Waals surface area contributed by atoms with Crippen LogP contribution in [-0.4, -0.2) is 30.8 Å². The summed E-state index contributed by atoms with van der Waals surface area (Å²) in [6, 6.07) is 9.54. The predicted octanol–water partition coefficient (Wildman–Crippen LogP) is 2.92. The predicted molar refractivity (Wildman–Crippen MR) is 81.4 cm³/mol. The van der Waals surface area contributed by atoms with Crippen LogP contribution in [0.2, 0.25) is 5.02 Å². The van der Waals surface area contributed by atoms with Crippen LogP contribution < -0.4 is 0 Å². The van der Waals surface area contributed by atoms with Crippen molar-refractivity contribution in [2.45, 2.75) is 10.8 Å². The van der Waals surface area contributed by atoms with Gasteiger partial charge in [0.15, 0.2) is 0 Å². The van der Waals surface area contributed by atoms with Gasteiger partial charge in [-0.2, -0.15) is 4.31 Å². The second-order valence-electron chi connectivity index (χ2n) is 4.28. The lowest BCUT2D eigenvalue weighted by atomic mass is 10.2. The zero-order valence-corrected chi connectivity index (χ0v) is 13.4. The molecule has 0 saturated heterocycles. The standard InChI is InChI=1S/C13H12ClNO4S2/c1-15(8-9-4-2-3-5-10(9)14)21(18,19)12-7-6-11(20-12)13(16)17/h2-7H,8H2,1H3,(H,16,17). The minimum atomic E-state index is -3.74. The summed E-state index contributed by atoms with van der Waals surface area (Å²) in [6.45, 7) is 0.113. The maximum absolute atomic E-state index is 12.4. The molecule has 0 saturated carbocycles. The van der Waals surface area contributed by atoms with Gasteiger partial charge in [0.05, 0.1) is 0 Å². The summed E-state index contributed by atoms with van der Waals surface area (Å²) in [6.07, 6.45) is 0. The smallest absolute Gasteiger partial charge is 0.345 e. The van der Waals surface area contributed by atoms with E-state index in [-0.39, 0.29) is 15.6 Å². The number of thiophene rings is 1. The van der Waals surface area contributed by atoms with Crippen molar-refractivity contribution in [1.82, 2.24) is 4.31 Å². The van der Waals surface area contributed by atoms with E-state index in [0.717, 1.165) is 15.6 Å². The summed E-state index contributed by atoms with van der Waals surface area (Å²) < 4.78 is 25.9. The lowest BCUT2D eigenvalue weighted by molar-refractivity contribution is 0.0702. The molecule has 0 aliphatic heterocycles. The zero-order chi connectivity index (χ0) is 15.6. The molecule has 0 aliphatic rings. The van der Waals surface area contributed by atoms with E-state index in [1.165, 1.54) is 19.2 Å².